The van der Waals surface area contributed by atoms with Crippen molar-refractivity contribution in [2.24, 2.45) is 11.8 Å². The SMILES string of the molecule is CC1CCCC(NCCC2CCOC2)C1. The Kier molecular flexibility index (Phi) is 4.45. The third-order valence-corrected chi connectivity index (χ3v) is 3.95. The molecule has 1 aliphatic heterocycles. The van der Waals surface area contributed by atoms with Gasteiger partial charge in [0.15, 0.2) is 0 Å². The van der Waals surface area contributed by atoms with Gasteiger partial charge in [0.1, 0.15) is 0 Å². The summed E-state index contributed by atoms with van der Waals surface area (Å²) in [4.78, 5) is 0. The third-order valence-electron chi connectivity index (χ3n) is 3.95. The van der Waals surface area contributed by atoms with E-state index in [2.05, 4.69) is 12.2 Å². The van der Waals surface area contributed by atoms with Crippen LogP contribution < -0.4 is 5.32 Å². The molecule has 0 amide bonds. The summed E-state index contributed by atoms with van der Waals surface area (Å²) in [6, 6.07) is 0.802. The summed E-state index contributed by atoms with van der Waals surface area (Å²) in [5, 5.41) is 3.72. The quantitative estimate of drug-likeness (QED) is 0.771. The Labute approximate surface area is 93.8 Å². The second kappa shape index (κ2) is 5.86. The lowest BCUT2D eigenvalue weighted by atomic mass is 9.87. The number of nitrogens with one attached hydrogen (secondary N) is 1. The van der Waals surface area contributed by atoms with Crippen LogP contribution in [0.5, 0.6) is 0 Å². The normalized spacial score (nSPS) is 37.0. The van der Waals surface area contributed by atoms with Gasteiger partial charge in [-0.3, -0.25) is 0 Å². The predicted molar refractivity (Wildman–Crippen MR) is 63.0 cm³/mol. The van der Waals surface area contributed by atoms with Crippen molar-refractivity contribution in [2.75, 3.05) is 19.8 Å². The molecule has 3 atom stereocenters. The monoisotopic (exact) mass is 211 g/mol. The first-order valence-corrected chi connectivity index (χ1v) is 6.65. The summed E-state index contributed by atoms with van der Waals surface area (Å²) in [7, 11) is 0. The minimum atomic E-state index is 0.802. The average molecular weight is 211 g/mol. The van der Waals surface area contributed by atoms with E-state index in [4.69, 9.17) is 4.74 Å². The summed E-state index contributed by atoms with van der Waals surface area (Å²) in [5.41, 5.74) is 0. The van der Waals surface area contributed by atoms with Gasteiger partial charge in [0.05, 0.1) is 0 Å². The molecule has 0 aromatic rings. The zero-order chi connectivity index (χ0) is 10.5. The third kappa shape index (κ3) is 3.76. The van der Waals surface area contributed by atoms with Gasteiger partial charge in [-0.25, -0.2) is 0 Å². The molecule has 1 saturated heterocycles. The maximum Gasteiger partial charge on any atom is 0.0495 e. The second-order valence-corrected chi connectivity index (χ2v) is 5.44. The maximum atomic E-state index is 5.39. The van der Waals surface area contributed by atoms with E-state index in [1.54, 1.807) is 0 Å². The van der Waals surface area contributed by atoms with Crippen LogP contribution in [0.4, 0.5) is 0 Å². The van der Waals surface area contributed by atoms with E-state index < -0.39 is 0 Å². The Bertz CT molecular complexity index is 177. The van der Waals surface area contributed by atoms with Gasteiger partial charge in [-0.1, -0.05) is 19.8 Å². The van der Waals surface area contributed by atoms with Crippen molar-refractivity contribution in [3.05, 3.63) is 0 Å². The van der Waals surface area contributed by atoms with Gasteiger partial charge in [0.2, 0.25) is 0 Å². The fraction of sp³-hybridized carbons (Fsp3) is 1.00. The van der Waals surface area contributed by atoms with Crippen molar-refractivity contribution in [3.63, 3.8) is 0 Å². The molecule has 88 valence electrons. The largest absolute Gasteiger partial charge is 0.381 e. The van der Waals surface area contributed by atoms with Gasteiger partial charge in [0, 0.05) is 19.3 Å². The van der Waals surface area contributed by atoms with Gasteiger partial charge < -0.3 is 10.1 Å². The molecular weight excluding hydrogens is 186 g/mol. The van der Waals surface area contributed by atoms with Gasteiger partial charge in [-0.2, -0.15) is 0 Å². The molecule has 2 nitrogen and oxygen atoms in total. The van der Waals surface area contributed by atoms with E-state index in [-0.39, 0.29) is 0 Å². The molecule has 0 aromatic heterocycles. The van der Waals surface area contributed by atoms with Crippen LogP contribution in [0.15, 0.2) is 0 Å². The molecule has 2 fully saturated rings. The first-order chi connectivity index (χ1) is 7.34. The summed E-state index contributed by atoms with van der Waals surface area (Å²) in [6.07, 6.45) is 8.24. The van der Waals surface area contributed by atoms with E-state index in [1.165, 1.54) is 45.1 Å². The molecule has 3 unspecified atom stereocenters. The van der Waals surface area contributed by atoms with Crippen LogP contribution >= 0.6 is 0 Å². The Morgan fingerprint density at radius 3 is 2.93 bits per heavy atom. The molecule has 0 bridgehead atoms. The first-order valence-electron chi connectivity index (χ1n) is 6.65. The minimum Gasteiger partial charge on any atom is -0.381 e. The average Bonchev–Trinajstić information content (AvgIpc) is 2.71. The number of rotatable bonds is 4. The number of hydrogen-bond donors (Lipinski definition) is 1. The standard InChI is InChI=1S/C13H25NO/c1-11-3-2-4-13(9-11)14-7-5-12-6-8-15-10-12/h11-14H,2-10H2,1H3. The molecule has 0 aromatic carbocycles. The molecule has 0 radical (unpaired) electrons. The van der Waals surface area contributed by atoms with Crippen molar-refractivity contribution >= 4 is 0 Å². The van der Waals surface area contributed by atoms with E-state index in [0.29, 0.717) is 0 Å². The van der Waals surface area contributed by atoms with Gasteiger partial charge >= 0.3 is 0 Å². The smallest absolute Gasteiger partial charge is 0.0495 e. The molecule has 2 aliphatic rings. The molecule has 0 spiro atoms. The Hall–Kier alpha value is -0.0800. The highest BCUT2D eigenvalue weighted by Crippen LogP contribution is 2.23. The molecule has 1 heterocycles. The Balaban J connectivity index is 1.56. The highest BCUT2D eigenvalue weighted by atomic mass is 16.5. The van der Waals surface area contributed by atoms with Crippen molar-refractivity contribution in [1.29, 1.82) is 0 Å². The lowest BCUT2D eigenvalue weighted by Crippen LogP contribution is -2.34. The molecule has 2 rings (SSSR count). The summed E-state index contributed by atoms with van der Waals surface area (Å²) in [5.74, 6) is 1.77. The van der Waals surface area contributed by atoms with E-state index in [1.807, 2.05) is 0 Å². The lowest BCUT2D eigenvalue weighted by molar-refractivity contribution is 0.183. The van der Waals surface area contributed by atoms with Gasteiger partial charge in [-0.05, 0) is 44.1 Å². The highest BCUT2D eigenvalue weighted by Gasteiger charge is 2.19. The van der Waals surface area contributed by atoms with Crippen LogP contribution in [0.2, 0.25) is 0 Å². The van der Waals surface area contributed by atoms with Gasteiger partial charge in [0.25, 0.3) is 0 Å². The second-order valence-electron chi connectivity index (χ2n) is 5.44. The highest BCUT2D eigenvalue weighted by molar-refractivity contribution is 4.76. The first kappa shape index (κ1) is 11.4. The van der Waals surface area contributed by atoms with Crippen molar-refractivity contribution in [1.82, 2.24) is 5.32 Å². The Morgan fingerprint density at radius 1 is 1.27 bits per heavy atom. The van der Waals surface area contributed by atoms with E-state index >= 15 is 0 Å². The molecule has 2 heteroatoms. The van der Waals surface area contributed by atoms with Crippen LogP contribution in [0.1, 0.15) is 45.4 Å². The fourth-order valence-electron chi connectivity index (χ4n) is 2.92. The van der Waals surface area contributed by atoms with Crippen LogP contribution in [-0.4, -0.2) is 25.8 Å². The Morgan fingerprint density at radius 2 is 2.20 bits per heavy atom. The zero-order valence-electron chi connectivity index (χ0n) is 10.0. The topological polar surface area (TPSA) is 21.3 Å². The fourth-order valence-corrected chi connectivity index (χ4v) is 2.92. The van der Waals surface area contributed by atoms with Crippen molar-refractivity contribution < 1.29 is 4.74 Å². The molecule has 15 heavy (non-hydrogen) atoms. The molecule has 1 N–H and O–H groups in total. The minimum absolute atomic E-state index is 0.802. The van der Waals surface area contributed by atoms with E-state index in [9.17, 15) is 0 Å². The predicted octanol–water partition coefficient (Wildman–Crippen LogP) is 2.58. The number of hydrogen-bond acceptors (Lipinski definition) is 2. The summed E-state index contributed by atoms with van der Waals surface area (Å²) >= 11 is 0. The van der Waals surface area contributed by atoms with Gasteiger partial charge in [-0.15, -0.1) is 0 Å². The van der Waals surface area contributed by atoms with Crippen molar-refractivity contribution in [3.8, 4) is 0 Å². The maximum absolute atomic E-state index is 5.39. The summed E-state index contributed by atoms with van der Waals surface area (Å²) < 4.78 is 5.39. The van der Waals surface area contributed by atoms with Crippen LogP contribution in [-0.2, 0) is 4.74 Å². The van der Waals surface area contributed by atoms with Crippen molar-refractivity contribution in [2.45, 2.75) is 51.5 Å². The molecule has 1 saturated carbocycles. The van der Waals surface area contributed by atoms with E-state index in [0.717, 1.165) is 31.1 Å². The van der Waals surface area contributed by atoms with Crippen LogP contribution in [0.25, 0.3) is 0 Å². The molecule has 1 aliphatic carbocycles. The van der Waals surface area contributed by atoms with Crippen LogP contribution in [0.3, 0.4) is 0 Å². The summed E-state index contributed by atoms with van der Waals surface area (Å²) in [6.45, 7) is 5.58. The zero-order valence-corrected chi connectivity index (χ0v) is 10.0. The number of ether oxygens (including phenoxy) is 1. The van der Waals surface area contributed by atoms with Crippen LogP contribution in [0, 0.1) is 11.8 Å². The molecular formula is C13H25NO. The lowest BCUT2D eigenvalue weighted by Gasteiger charge is -2.27.